The van der Waals surface area contributed by atoms with Crippen LogP contribution in [0.2, 0.25) is 0 Å². The Hall–Kier alpha value is -1.96. The average Bonchev–Trinajstić information content (AvgIpc) is 3.00. The van der Waals surface area contributed by atoms with Gasteiger partial charge in [-0.2, -0.15) is 11.8 Å². The minimum absolute atomic E-state index is 0.0653. The molecule has 2 aliphatic heterocycles. The van der Waals surface area contributed by atoms with Gasteiger partial charge in [-0.1, -0.05) is 0 Å². The summed E-state index contributed by atoms with van der Waals surface area (Å²) in [5.41, 5.74) is 0. The van der Waals surface area contributed by atoms with Crippen LogP contribution in [0.3, 0.4) is 0 Å². The molecule has 7 nitrogen and oxygen atoms in total. The number of likely N-dealkylation sites (N-methyl/N-ethyl adjacent to an activating group) is 1. The fourth-order valence-corrected chi connectivity index (χ4v) is 3.41. The highest BCUT2D eigenvalue weighted by atomic mass is 32.2. The molecule has 3 rings (SSSR count). The molecule has 0 aliphatic carbocycles. The second-order valence-corrected chi connectivity index (χ2v) is 6.61. The van der Waals surface area contributed by atoms with Crippen molar-refractivity contribution in [1.82, 2.24) is 14.7 Å². The summed E-state index contributed by atoms with van der Waals surface area (Å²) in [6.07, 6.45) is 1.96. The van der Waals surface area contributed by atoms with Gasteiger partial charge in [-0.15, -0.1) is 0 Å². The van der Waals surface area contributed by atoms with E-state index in [1.807, 2.05) is 6.26 Å². The van der Waals surface area contributed by atoms with Crippen LogP contribution in [0.1, 0.15) is 16.3 Å². The predicted octanol–water partition coefficient (Wildman–Crippen LogP) is 0.268. The van der Waals surface area contributed by atoms with Gasteiger partial charge in [0.1, 0.15) is 11.8 Å². The molecule has 0 spiro atoms. The topological polar surface area (TPSA) is 74.1 Å². The molecule has 2 aliphatic rings. The Bertz CT molecular complexity index is 644. The number of hydrogen-bond donors (Lipinski definition) is 0. The second-order valence-electron chi connectivity index (χ2n) is 5.75. The zero-order valence-corrected chi connectivity index (χ0v) is 14.0. The fraction of sp³-hybridized carbons (Fsp3) is 0.533. The Morgan fingerprint density at radius 3 is 2.87 bits per heavy atom. The van der Waals surface area contributed by atoms with E-state index < -0.39 is 6.04 Å². The molecule has 3 heterocycles. The maximum absolute atomic E-state index is 12.6. The summed E-state index contributed by atoms with van der Waals surface area (Å²) in [5, 5.41) is 0. The number of furan rings is 1. The lowest BCUT2D eigenvalue weighted by molar-refractivity contribution is -0.157. The highest BCUT2D eigenvalue weighted by Crippen LogP contribution is 2.20. The van der Waals surface area contributed by atoms with Crippen molar-refractivity contribution in [2.24, 2.45) is 0 Å². The summed E-state index contributed by atoms with van der Waals surface area (Å²) in [4.78, 5) is 41.4. The number of piperazine rings is 2. The highest BCUT2D eigenvalue weighted by molar-refractivity contribution is 7.97. The number of amides is 3. The van der Waals surface area contributed by atoms with Gasteiger partial charge >= 0.3 is 0 Å². The number of fused-ring (bicyclic) bond motifs is 1. The third-order valence-electron chi connectivity index (χ3n) is 4.18. The molecule has 124 valence electrons. The van der Waals surface area contributed by atoms with Crippen LogP contribution in [0.4, 0.5) is 0 Å². The molecule has 0 saturated carbocycles. The van der Waals surface area contributed by atoms with Crippen molar-refractivity contribution in [1.29, 1.82) is 0 Å². The van der Waals surface area contributed by atoms with Crippen molar-refractivity contribution in [3.8, 4) is 0 Å². The fourth-order valence-electron chi connectivity index (χ4n) is 2.97. The van der Waals surface area contributed by atoms with Gasteiger partial charge in [-0.3, -0.25) is 14.4 Å². The van der Waals surface area contributed by atoms with Gasteiger partial charge in [0.05, 0.1) is 18.8 Å². The molecule has 0 radical (unpaired) electrons. The number of nitrogens with zero attached hydrogens (tertiary/aromatic N) is 3. The van der Waals surface area contributed by atoms with Crippen molar-refractivity contribution in [2.75, 3.05) is 39.5 Å². The summed E-state index contributed by atoms with van der Waals surface area (Å²) < 4.78 is 5.56. The zero-order chi connectivity index (χ0) is 16.6. The minimum atomic E-state index is -0.584. The zero-order valence-electron chi connectivity index (χ0n) is 13.2. The molecule has 1 atom stereocenters. The summed E-state index contributed by atoms with van der Waals surface area (Å²) in [6.45, 7) is 1.12. The number of carbonyl (C=O) groups excluding carboxylic acids is 3. The van der Waals surface area contributed by atoms with Gasteiger partial charge in [-0.05, 0) is 18.4 Å². The van der Waals surface area contributed by atoms with E-state index in [9.17, 15) is 14.4 Å². The largest absolute Gasteiger partial charge is 0.455 e. The molecule has 0 aromatic carbocycles. The monoisotopic (exact) mass is 337 g/mol. The first-order valence-corrected chi connectivity index (χ1v) is 8.82. The van der Waals surface area contributed by atoms with Gasteiger partial charge in [0.2, 0.25) is 11.8 Å². The first kappa shape index (κ1) is 15.9. The lowest BCUT2D eigenvalue weighted by atomic mass is 10.1. The van der Waals surface area contributed by atoms with Crippen molar-refractivity contribution in [3.63, 3.8) is 0 Å². The Labute approximate surface area is 138 Å². The normalized spacial score (nSPS) is 21.7. The molecular weight excluding hydrogens is 318 g/mol. The average molecular weight is 337 g/mol. The molecule has 1 aromatic rings. The molecule has 2 saturated heterocycles. The Kier molecular flexibility index (Phi) is 4.34. The SMILES string of the molecule is CSCc1ccc(C(=O)N2CCN3C(=O)CN(C)C(=O)[C@H]3C2)o1. The smallest absolute Gasteiger partial charge is 0.289 e. The first-order valence-electron chi connectivity index (χ1n) is 7.42. The molecule has 1 aromatic heterocycles. The summed E-state index contributed by atoms with van der Waals surface area (Å²) >= 11 is 1.62. The predicted molar refractivity (Wildman–Crippen MR) is 85.0 cm³/mol. The lowest BCUT2D eigenvalue weighted by Crippen LogP contribution is -2.66. The van der Waals surface area contributed by atoms with E-state index >= 15 is 0 Å². The van der Waals surface area contributed by atoms with Crippen LogP contribution < -0.4 is 0 Å². The maximum atomic E-state index is 12.6. The van der Waals surface area contributed by atoms with Crippen molar-refractivity contribution >= 4 is 29.5 Å². The Morgan fingerprint density at radius 1 is 1.35 bits per heavy atom. The van der Waals surface area contributed by atoms with Crippen LogP contribution in [0.25, 0.3) is 0 Å². The number of hydrogen-bond acceptors (Lipinski definition) is 5. The summed E-state index contributed by atoms with van der Waals surface area (Å²) in [5.74, 6) is 1.33. The van der Waals surface area contributed by atoms with Gasteiger partial charge in [-0.25, -0.2) is 0 Å². The number of rotatable bonds is 3. The van der Waals surface area contributed by atoms with Crippen LogP contribution in [0, 0.1) is 0 Å². The van der Waals surface area contributed by atoms with Crippen LogP contribution in [-0.4, -0.2) is 77.9 Å². The number of thioether (sulfide) groups is 1. The lowest BCUT2D eigenvalue weighted by Gasteiger charge is -2.45. The molecule has 23 heavy (non-hydrogen) atoms. The highest BCUT2D eigenvalue weighted by Gasteiger charge is 2.42. The molecule has 0 unspecified atom stereocenters. The number of carbonyl (C=O) groups is 3. The quantitative estimate of drug-likeness (QED) is 0.791. The molecular formula is C15H19N3O4S. The maximum Gasteiger partial charge on any atom is 0.289 e. The van der Waals surface area contributed by atoms with Crippen molar-refractivity contribution < 1.29 is 18.8 Å². The molecule has 8 heteroatoms. The molecule has 0 N–H and O–H groups in total. The third kappa shape index (κ3) is 2.95. The van der Waals surface area contributed by atoms with Crippen LogP contribution in [-0.2, 0) is 15.3 Å². The van der Waals surface area contributed by atoms with Gasteiger partial charge in [0, 0.05) is 20.1 Å². The minimum Gasteiger partial charge on any atom is -0.455 e. The van der Waals surface area contributed by atoms with Crippen LogP contribution in [0.5, 0.6) is 0 Å². The summed E-state index contributed by atoms with van der Waals surface area (Å²) in [6, 6.07) is 2.88. The van der Waals surface area contributed by atoms with Gasteiger partial charge < -0.3 is 19.1 Å². The van der Waals surface area contributed by atoms with Crippen LogP contribution >= 0.6 is 11.8 Å². The van der Waals surface area contributed by atoms with E-state index in [0.29, 0.717) is 18.8 Å². The second kappa shape index (κ2) is 6.27. The molecule has 0 bridgehead atoms. The van der Waals surface area contributed by atoms with E-state index in [1.54, 1.807) is 40.7 Å². The van der Waals surface area contributed by atoms with E-state index in [1.165, 1.54) is 4.90 Å². The van der Waals surface area contributed by atoms with E-state index in [0.717, 1.165) is 5.76 Å². The van der Waals surface area contributed by atoms with E-state index in [4.69, 9.17) is 4.42 Å². The Balaban J connectivity index is 1.73. The van der Waals surface area contributed by atoms with Gasteiger partial charge in [0.25, 0.3) is 5.91 Å². The third-order valence-corrected chi connectivity index (χ3v) is 4.75. The summed E-state index contributed by atoms with van der Waals surface area (Å²) in [7, 11) is 1.61. The van der Waals surface area contributed by atoms with Gasteiger partial charge in [0.15, 0.2) is 5.76 Å². The molecule has 3 amide bonds. The van der Waals surface area contributed by atoms with Crippen molar-refractivity contribution in [3.05, 3.63) is 23.7 Å². The van der Waals surface area contributed by atoms with E-state index in [2.05, 4.69) is 0 Å². The Morgan fingerprint density at radius 2 is 2.13 bits per heavy atom. The first-order chi connectivity index (χ1) is 11.0. The molecule has 2 fully saturated rings. The van der Waals surface area contributed by atoms with E-state index in [-0.39, 0.29) is 36.6 Å². The van der Waals surface area contributed by atoms with Crippen molar-refractivity contribution in [2.45, 2.75) is 11.8 Å². The van der Waals surface area contributed by atoms with Crippen LogP contribution in [0.15, 0.2) is 16.5 Å². The standard InChI is InChI=1S/C15H19N3O4S/c1-16-8-13(19)18-6-5-17(7-11(18)14(16)20)15(21)12-4-3-10(22-12)9-23-2/h3-4,11H,5-9H2,1-2H3/t11-/m1/s1.